The first-order valence-electron chi connectivity index (χ1n) is 7.74. The second-order valence-corrected chi connectivity index (χ2v) is 5.76. The molecule has 0 N–H and O–H groups in total. The third kappa shape index (κ3) is 6.85. The highest BCUT2D eigenvalue weighted by Gasteiger charge is 2.20. The lowest BCUT2D eigenvalue weighted by Crippen LogP contribution is -2.37. The number of methoxy groups -OCH3 is 1. The normalized spacial score (nSPS) is 13.9. The molecule has 0 saturated heterocycles. The van der Waals surface area contributed by atoms with Gasteiger partial charge in [0.05, 0.1) is 20.3 Å². The van der Waals surface area contributed by atoms with Crippen molar-refractivity contribution in [3.05, 3.63) is 48.8 Å². The molecule has 1 unspecified atom stereocenters. The summed E-state index contributed by atoms with van der Waals surface area (Å²) in [6, 6.07) is 7.28. The number of ether oxygens (including phenoxy) is 3. The highest BCUT2D eigenvalue weighted by atomic mass is 127. The summed E-state index contributed by atoms with van der Waals surface area (Å²) in [7, 11) is 3.60. The number of hydrogen-bond acceptors (Lipinski definition) is 6. The van der Waals surface area contributed by atoms with Crippen LogP contribution in [0.4, 0.5) is 0 Å². The highest BCUT2D eigenvalue weighted by molar-refractivity contribution is 14.0. The number of benzene rings is 1. The van der Waals surface area contributed by atoms with E-state index in [0.29, 0.717) is 17.9 Å². The van der Waals surface area contributed by atoms with Crippen LogP contribution < -0.4 is 9.47 Å². The van der Waals surface area contributed by atoms with Crippen molar-refractivity contribution in [3.63, 3.8) is 0 Å². The van der Waals surface area contributed by atoms with Gasteiger partial charge in [0.2, 0.25) is 0 Å². The Labute approximate surface area is 166 Å². The monoisotopic (exact) mass is 460 g/mol. The topological polar surface area (TPSA) is 51.2 Å². The molecule has 1 aromatic carbocycles. The molecule has 1 aliphatic rings. The fourth-order valence-corrected chi connectivity index (χ4v) is 2.21. The predicted octanol–water partition coefficient (Wildman–Crippen LogP) is 2.86. The van der Waals surface area contributed by atoms with Crippen LogP contribution in [0.15, 0.2) is 48.8 Å². The van der Waals surface area contributed by atoms with Crippen LogP contribution in [0, 0.1) is 0 Å². The van der Waals surface area contributed by atoms with Gasteiger partial charge in [0.25, 0.3) is 0 Å². The van der Waals surface area contributed by atoms with Crippen molar-refractivity contribution >= 4 is 29.9 Å². The largest absolute Gasteiger partial charge is 0.497 e. The van der Waals surface area contributed by atoms with Crippen molar-refractivity contribution in [2.75, 3.05) is 34.0 Å². The van der Waals surface area contributed by atoms with Gasteiger partial charge < -0.3 is 24.0 Å². The Morgan fingerprint density at radius 3 is 2.40 bits per heavy atom. The van der Waals surface area contributed by atoms with E-state index in [0.717, 1.165) is 12.4 Å². The molecule has 6 nitrogen and oxygen atoms in total. The van der Waals surface area contributed by atoms with Crippen LogP contribution in [-0.2, 0) is 9.53 Å². The third-order valence-corrected chi connectivity index (χ3v) is 3.49. The van der Waals surface area contributed by atoms with Gasteiger partial charge in [-0.05, 0) is 31.2 Å². The Morgan fingerprint density at radius 1 is 1.24 bits per heavy atom. The van der Waals surface area contributed by atoms with Gasteiger partial charge in [-0.3, -0.25) is 0 Å². The molecule has 1 aromatic rings. The predicted molar refractivity (Wildman–Crippen MR) is 107 cm³/mol. The summed E-state index contributed by atoms with van der Waals surface area (Å²) in [5.41, 5.74) is 0.374. The minimum atomic E-state index is -0.408. The summed E-state index contributed by atoms with van der Waals surface area (Å²) in [6.45, 7) is 6.83. The van der Waals surface area contributed by atoms with E-state index in [1.54, 1.807) is 14.0 Å². The maximum absolute atomic E-state index is 11.8. The van der Waals surface area contributed by atoms with Crippen LogP contribution in [0.25, 0.3) is 0 Å². The Bertz CT molecular complexity index is 604. The summed E-state index contributed by atoms with van der Waals surface area (Å²) in [5.74, 6) is 1.05. The number of carbonyl (C=O) groups is 1. The van der Waals surface area contributed by atoms with Crippen LogP contribution in [0.2, 0.25) is 0 Å². The first kappa shape index (κ1) is 21.1. The quantitative estimate of drug-likeness (QED) is 0.338. The van der Waals surface area contributed by atoms with E-state index in [4.69, 9.17) is 14.2 Å². The Balaban J connectivity index is 0.00000312. The van der Waals surface area contributed by atoms with E-state index in [1.165, 1.54) is 0 Å². The van der Waals surface area contributed by atoms with Crippen LogP contribution in [-0.4, -0.2) is 55.9 Å². The molecule has 25 heavy (non-hydrogen) atoms. The van der Waals surface area contributed by atoms with Gasteiger partial charge in [-0.2, -0.15) is 0 Å². The molecule has 0 radical (unpaired) electrons. The SMILES string of the molecule is C=C(C)C(=O)OC(COc1ccc(OC)cc1)CN1C=CN(C)C1.I. The van der Waals surface area contributed by atoms with Crippen molar-refractivity contribution in [1.29, 1.82) is 0 Å². The van der Waals surface area contributed by atoms with Crippen molar-refractivity contribution < 1.29 is 19.0 Å². The van der Waals surface area contributed by atoms with E-state index < -0.39 is 12.1 Å². The lowest BCUT2D eigenvalue weighted by atomic mass is 10.3. The number of rotatable bonds is 8. The zero-order valence-electron chi connectivity index (χ0n) is 14.8. The Morgan fingerprint density at radius 2 is 1.88 bits per heavy atom. The average molecular weight is 460 g/mol. The summed E-state index contributed by atoms with van der Waals surface area (Å²) >= 11 is 0. The lowest BCUT2D eigenvalue weighted by Gasteiger charge is -2.25. The van der Waals surface area contributed by atoms with E-state index in [-0.39, 0.29) is 30.6 Å². The second kappa shape index (κ2) is 10.2. The van der Waals surface area contributed by atoms with E-state index >= 15 is 0 Å². The fourth-order valence-electron chi connectivity index (χ4n) is 2.21. The molecular formula is C18H25IN2O4. The van der Waals surface area contributed by atoms with Crippen molar-refractivity contribution in [1.82, 2.24) is 9.80 Å². The van der Waals surface area contributed by atoms with Crippen molar-refractivity contribution in [2.24, 2.45) is 0 Å². The first-order chi connectivity index (χ1) is 11.5. The number of nitrogens with zero attached hydrogens (tertiary/aromatic N) is 2. The molecule has 0 fully saturated rings. The van der Waals surface area contributed by atoms with Crippen LogP contribution in [0.3, 0.4) is 0 Å². The van der Waals surface area contributed by atoms with Gasteiger partial charge >= 0.3 is 5.97 Å². The molecule has 138 valence electrons. The van der Waals surface area contributed by atoms with Crippen LogP contribution >= 0.6 is 24.0 Å². The zero-order chi connectivity index (χ0) is 17.5. The summed E-state index contributed by atoms with van der Waals surface area (Å²) in [6.07, 6.45) is 3.55. The molecule has 0 amide bonds. The molecule has 0 spiro atoms. The molecule has 0 aliphatic carbocycles. The van der Waals surface area contributed by atoms with Gasteiger partial charge in [-0.15, -0.1) is 24.0 Å². The summed E-state index contributed by atoms with van der Waals surface area (Å²) in [4.78, 5) is 16.0. The average Bonchev–Trinajstić information content (AvgIpc) is 2.97. The standard InChI is InChI=1S/C18H24N2O4.HI/c1-14(2)18(21)24-17(11-20-10-9-19(3)13-20)12-23-16-7-5-15(22-4)6-8-16;/h5-10,17H,1,11-13H2,2-4H3;1H. The molecule has 7 heteroatoms. The molecule has 0 bridgehead atoms. The van der Waals surface area contributed by atoms with Gasteiger partial charge in [-0.25, -0.2) is 4.79 Å². The fraction of sp³-hybridized carbons (Fsp3) is 0.389. The number of esters is 1. The molecule has 1 atom stereocenters. The van der Waals surface area contributed by atoms with Crippen LogP contribution in [0.5, 0.6) is 11.5 Å². The van der Waals surface area contributed by atoms with Gasteiger partial charge in [0.1, 0.15) is 18.1 Å². The number of carbonyl (C=O) groups excluding carboxylic acids is 1. The molecule has 1 heterocycles. The smallest absolute Gasteiger partial charge is 0.333 e. The van der Waals surface area contributed by atoms with Crippen molar-refractivity contribution in [2.45, 2.75) is 13.0 Å². The minimum absolute atomic E-state index is 0. The van der Waals surface area contributed by atoms with Gasteiger partial charge in [-0.1, -0.05) is 6.58 Å². The molecular weight excluding hydrogens is 435 g/mol. The highest BCUT2D eigenvalue weighted by Crippen LogP contribution is 2.18. The first-order valence-corrected chi connectivity index (χ1v) is 7.74. The number of halogens is 1. The Hall–Kier alpha value is -1.90. The number of hydrogen-bond donors (Lipinski definition) is 0. The van der Waals surface area contributed by atoms with E-state index in [1.807, 2.05) is 48.6 Å². The van der Waals surface area contributed by atoms with Crippen LogP contribution in [0.1, 0.15) is 6.92 Å². The van der Waals surface area contributed by atoms with Crippen molar-refractivity contribution in [3.8, 4) is 11.5 Å². The minimum Gasteiger partial charge on any atom is -0.497 e. The second-order valence-electron chi connectivity index (χ2n) is 5.76. The third-order valence-electron chi connectivity index (χ3n) is 3.49. The molecule has 0 saturated carbocycles. The maximum atomic E-state index is 11.8. The molecule has 2 rings (SSSR count). The molecule has 0 aromatic heterocycles. The van der Waals surface area contributed by atoms with Gasteiger partial charge in [0, 0.05) is 25.0 Å². The summed E-state index contributed by atoms with van der Waals surface area (Å²) in [5, 5.41) is 0. The maximum Gasteiger partial charge on any atom is 0.333 e. The van der Waals surface area contributed by atoms with Gasteiger partial charge in [0.15, 0.2) is 6.10 Å². The zero-order valence-corrected chi connectivity index (χ0v) is 17.1. The van der Waals surface area contributed by atoms with E-state index in [2.05, 4.69) is 11.5 Å². The summed E-state index contributed by atoms with van der Waals surface area (Å²) < 4.78 is 16.4. The van der Waals surface area contributed by atoms with E-state index in [9.17, 15) is 4.79 Å². The lowest BCUT2D eigenvalue weighted by molar-refractivity contribution is -0.146. The molecule has 1 aliphatic heterocycles. The Kier molecular flexibility index (Phi) is 8.60.